The van der Waals surface area contributed by atoms with Gasteiger partial charge in [-0.05, 0) is 87.3 Å². The summed E-state index contributed by atoms with van der Waals surface area (Å²) in [4.78, 5) is 21.1. The molecule has 0 unspecified atom stereocenters. The van der Waals surface area contributed by atoms with E-state index in [1.165, 1.54) is 18.2 Å². The predicted octanol–water partition coefficient (Wildman–Crippen LogP) is 6.66. The molecule has 4 nitrogen and oxygen atoms in total. The number of rotatable bonds is 4. The highest BCUT2D eigenvalue weighted by Gasteiger charge is 2.52. The van der Waals surface area contributed by atoms with E-state index in [0.717, 1.165) is 64.0 Å². The van der Waals surface area contributed by atoms with Crippen LogP contribution in [-0.2, 0) is 6.18 Å². The maximum atomic E-state index is 13.7. The number of anilines is 1. The van der Waals surface area contributed by atoms with Gasteiger partial charge in [0.2, 0.25) is 0 Å². The van der Waals surface area contributed by atoms with Crippen LogP contribution in [-0.4, -0.2) is 34.5 Å². The van der Waals surface area contributed by atoms with Crippen molar-refractivity contribution in [3.05, 3.63) is 47.3 Å². The SMILES string of the molecule is Cc1cc(C(F)(F)F)ncc1N1CC2(CCC(C3=CCCC=C3)CC2)N(CC2CCC2)C1=O. The van der Waals surface area contributed by atoms with E-state index in [1.807, 2.05) is 0 Å². The Morgan fingerprint density at radius 3 is 2.48 bits per heavy atom. The molecule has 0 aromatic carbocycles. The topological polar surface area (TPSA) is 36.4 Å². The first-order chi connectivity index (χ1) is 15.8. The van der Waals surface area contributed by atoms with Gasteiger partial charge < -0.3 is 4.90 Å². The third-order valence-electron chi connectivity index (χ3n) is 8.23. The van der Waals surface area contributed by atoms with Crippen molar-refractivity contribution >= 4 is 11.7 Å². The average Bonchev–Trinajstić information content (AvgIpc) is 3.02. The molecule has 1 aromatic heterocycles. The summed E-state index contributed by atoms with van der Waals surface area (Å²) in [5.41, 5.74) is 1.23. The molecule has 7 heteroatoms. The lowest BCUT2D eigenvalue weighted by Crippen LogP contribution is -2.51. The van der Waals surface area contributed by atoms with Crippen LogP contribution in [0.3, 0.4) is 0 Å². The van der Waals surface area contributed by atoms with Crippen LogP contribution in [0.4, 0.5) is 23.7 Å². The Bertz CT molecular complexity index is 971. The van der Waals surface area contributed by atoms with Crippen molar-refractivity contribution in [1.82, 2.24) is 9.88 Å². The van der Waals surface area contributed by atoms with Gasteiger partial charge in [-0.15, -0.1) is 0 Å². The third kappa shape index (κ3) is 4.19. The van der Waals surface area contributed by atoms with Gasteiger partial charge in [0.05, 0.1) is 24.0 Å². The van der Waals surface area contributed by atoms with E-state index in [9.17, 15) is 18.0 Å². The molecule has 2 heterocycles. The van der Waals surface area contributed by atoms with Gasteiger partial charge >= 0.3 is 12.2 Å². The molecule has 0 bridgehead atoms. The number of pyridine rings is 1. The molecule has 0 atom stereocenters. The summed E-state index contributed by atoms with van der Waals surface area (Å²) in [5, 5.41) is 0. The zero-order valence-corrected chi connectivity index (χ0v) is 19.2. The first kappa shape index (κ1) is 22.5. The largest absolute Gasteiger partial charge is 0.433 e. The lowest BCUT2D eigenvalue weighted by Gasteiger charge is -2.45. The Kier molecular flexibility index (Phi) is 5.78. The summed E-state index contributed by atoms with van der Waals surface area (Å²) in [6.45, 7) is 2.93. The number of alkyl halides is 3. The highest BCUT2D eigenvalue weighted by atomic mass is 19.4. The van der Waals surface area contributed by atoms with E-state index in [2.05, 4.69) is 28.1 Å². The summed E-state index contributed by atoms with van der Waals surface area (Å²) in [5.74, 6) is 1.08. The van der Waals surface area contributed by atoms with E-state index in [0.29, 0.717) is 29.6 Å². The molecule has 3 fully saturated rings. The Labute approximate surface area is 193 Å². The minimum atomic E-state index is -4.49. The molecular formula is C26H32F3N3O. The fourth-order valence-corrected chi connectivity index (χ4v) is 6.03. The van der Waals surface area contributed by atoms with Crippen LogP contribution in [0.5, 0.6) is 0 Å². The summed E-state index contributed by atoms with van der Waals surface area (Å²) in [6, 6.07) is 0.990. The normalized spacial score (nSPS) is 28.4. The number of allylic oxidation sites excluding steroid dienone is 4. The number of hydrogen-bond acceptors (Lipinski definition) is 2. The maximum absolute atomic E-state index is 13.7. The number of carbonyl (C=O) groups is 1. The molecule has 0 radical (unpaired) electrons. The van der Waals surface area contributed by atoms with Crippen molar-refractivity contribution in [2.75, 3.05) is 18.0 Å². The minimum absolute atomic E-state index is 0.0678. The van der Waals surface area contributed by atoms with Crippen molar-refractivity contribution in [2.45, 2.75) is 76.4 Å². The molecule has 1 saturated heterocycles. The lowest BCUT2D eigenvalue weighted by atomic mass is 9.72. The number of hydrogen-bond donors (Lipinski definition) is 0. The highest BCUT2D eigenvalue weighted by Crippen LogP contribution is 2.46. The maximum Gasteiger partial charge on any atom is 0.433 e. The number of halogens is 3. The van der Waals surface area contributed by atoms with Gasteiger partial charge in [-0.25, -0.2) is 9.78 Å². The number of amides is 2. The van der Waals surface area contributed by atoms with Crippen LogP contribution in [0.1, 0.15) is 69.0 Å². The number of carbonyl (C=O) groups excluding carboxylic acids is 1. The van der Waals surface area contributed by atoms with Crippen molar-refractivity contribution in [3.63, 3.8) is 0 Å². The first-order valence-corrected chi connectivity index (χ1v) is 12.3. The Balaban J connectivity index is 1.40. The van der Waals surface area contributed by atoms with E-state index < -0.39 is 11.9 Å². The van der Waals surface area contributed by atoms with Crippen LogP contribution in [0.2, 0.25) is 0 Å². The molecule has 0 N–H and O–H groups in total. The molecule has 33 heavy (non-hydrogen) atoms. The Morgan fingerprint density at radius 2 is 1.91 bits per heavy atom. The fraction of sp³-hybridized carbons (Fsp3) is 0.615. The molecule has 1 aliphatic heterocycles. The molecule has 5 rings (SSSR count). The number of urea groups is 1. The van der Waals surface area contributed by atoms with Crippen LogP contribution in [0, 0.1) is 18.8 Å². The van der Waals surface area contributed by atoms with Gasteiger partial charge in [0.25, 0.3) is 0 Å². The van der Waals surface area contributed by atoms with Gasteiger partial charge in [-0.3, -0.25) is 4.90 Å². The third-order valence-corrected chi connectivity index (χ3v) is 8.23. The summed E-state index contributed by atoms with van der Waals surface area (Å²) >= 11 is 0. The number of aryl methyl sites for hydroxylation is 1. The van der Waals surface area contributed by atoms with Crippen LogP contribution in [0.15, 0.2) is 36.1 Å². The second-order valence-corrected chi connectivity index (χ2v) is 10.3. The van der Waals surface area contributed by atoms with Gasteiger partial charge in [-0.1, -0.05) is 24.6 Å². The fourth-order valence-electron chi connectivity index (χ4n) is 6.03. The molecular weight excluding hydrogens is 427 g/mol. The molecule has 2 amide bonds. The van der Waals surface area contributed by atoms with Crippen molar-refractivity contribution in [1.29, 1.82) is 0 Å². The number of nitrogens with zero attached hydrogens (tertiary/aromatic N) is 3. The van der Waals surface area contributed by atoms with Crippen molar-refractivity contribution in [2.24, 2.45) is 11.8 Å². The van der Waals surface area contributed by atoms with Gasteiger partial charge in [0, 0.05) is 6.54 Å². The molecule has 1 spiro atoms. The van der Waals surface area contributed by atoms with Gasteiger partial charge in [-0.2, -0.15) is 13.2 Å². The van der Waals surface area contributed by atoms with Crippen LogP contribution < -0.4 is 4.90 Å². The summed E-state index contributed by atoms with van der Waals surface area (Å²) < 4.78 is 39.4. The zero-order chi connectivity index (χ0) is 23.2. The Hall–Kier alpha value is -2.31. The second kappa shape index (κ2) is 8.48. The summed E-state index contributed by atoms with van der Waals surface area (Å²) in [6.07, 6.45) is 13.3. The highest BCUT2D eigenvalue weighted by molar-refractivity contribution is 5.96. The molecule has 4 aliphatic rings. The van der Waals surface area contributed by atoms with E-state index in [1.54, 1.807) is 11.8 Å². The van der Waals surface area contributed by atoms with Gasteiger partial charge in [0.1, 0.15) is 5.69 Å². The number of aromatic nitrogens is 1. The van der Waals surface area contributed by atoms with E-state index in [4.69, 9.17) is 0 Å². The molecule has 178 valence electrons. The quantitative estimate of drug-likeness (QED) is 0.505. The van der Waals surface area contributed by atoms with Crippen LogP contribution in [0.25, 0.3) is 0 Å². The lowest BCUT2D eigenvalue weighted by molar-refractivity contribution is -0.141. The van der Waals surface area contributed by atoms with Crippen LogP contribution >= 0.6 is 0 Å². The molecule has 3 aliphatic carbocycles. The molecule has 2 saturated carbocycles. The minimum Gasteiger partial charge on any atom is -0.317 e. The van der Waals surface area contributed by atoms with Crippen molar-refractivity contribution < 1.29 is 18.0 Å². The summed E-state index contributed by atoms with van der Waals surface area (Å²) in [7, 11) is 0. The van der Waals surface area contributed by atoms with E-state index >= 15 is 0 Å². The average molecular weight is 460 g/mol. The monoisotopic (exact) mass is 459 g/mol. The predicted molar refractivity (Wildman–Crippen MR) is 122 cm³/mol. The standard InChI is InChI=1S/C26H32F3N3O/c1-18-14-23(26(27,28)29)30-15-22(18)31-17-25(32(24(31)33)16-19-6-5-7-19)12-10-21(11-13-25)20-8-3-2-4-9-20/h3,8-9,14-15,19,21H,2,4-7,10-13,16-17H2,1H3. The van der Waals surface area contributed by atoms with E-state index in [-0.39, 0.29) is 11.6 Å². The Morgan fingerprint density at radius 1 is 1.15 bits per heavy atom. The zero-order valence-electron chi connectivity index (χ0n) is 19.2. The smallest absolute Gasteiger partial charge is 0.317 e. The van der Waals surface area contributed by atoms with Gasteiger partial charge in [0.15, 0.2) is 0 Å². The second-order valence-electron chi connectivity index (χ2n) is 10.3. The first-order valence-electron chi connectivity index (χ1n) is 12.3. The van der Waals surface area contributed by atoms with Crippen molar-refractivity contribution in [3.8, 4) is 0 Å². The molecule has 1 aromatic rings.